The fraction of sp³-hybridized carbons (Fsp3) is 0.536. The number of aliphatic hydroxyl groups excluding tert-OH is 1. The number of thioether (sulfide) groups is 1. The molecule has 0 aliphatic carbocycles. The molecule has 8 nitrogen and oxygen atoms in total. The number of likely N-dealkylation sites (tertiary alicyclic amines) is 1. The molecule has 5 rings (SSSR count). The Hall–Kier alpha value is -2.78. The van der Waals surface area contributed by atoms with Gasteiger partial charge >= 0.3 is 0 Å². The molecule has 3 amide bonds. The van der Waals surface area contributed by atoms with Crippen LogP contribution in [0.4, 0.5) is 5.69 Å². The molecule has 2 fully saturated rings. The molecule has 6 atom stereocenters. The Morgan fingerprint density at radius 2 is 1.78 bits per heavy atom. The molecule has 1 aromatic carbocycles. The van der Waals surface area contributed by atoms with E-state index in [0.717, 1.165) is 11.4 Å². The maximum Gasteiger partial charge on any atom is 0.247 e. The zero-order valence-corrected chi connectivity index (χ0v) is 22.6. The third-order valence-corrected chi connectivity index (χ3v) is 9.69. The number of nitrogens with zero attached hydrogens (tertiary/aromatic N) is 3. The highest BCUT2D eigenvalue weighted by Gasteiger charge is 2.71. The molecule has 2 saturated heterocycles. The highest BCUT2D eigenvalue weighted by molar-refractivity contribution is 8.02. The van der Waals surface area contributed by atoms with Crippen molar-refractivity contribution < 1.29 is 24.2 Å². The maximum absolute atomic E-state index is 14.2. The van der Waals surface area contributed by atoms with E-state index in [-0.39, 0.29) is 35.6 Å². The van der Waals surface area contributed by atoms with E-state index in [9.17, 15) is 19.5 Å². The van der Waals surface area contributed by atoms with Crippen LogP contribution in [0.5, 0.6) is 5.75 Å². The molecule has 37 heavy (non-hydrogen) atoms. The zero-order valence-electron chi connectivity index (χ0n) is 21.7. The molecule has 4 aliphatic rings. The number of fused-ring (bicyclic) bond motifs is 2. The van der Waals surface area contributed by atoms with Crippen molar-refractivity contribution in [2.24, 2.45) is 11.8 Å². The lowest BCUT2D eigenvalue weighted by molar-refractivity contribution is -0.146. The number of amides is 3. The molecule has 1 unspecified atom stereocenters. The second-order valence-corrected chi connectivity index (χ2v) is 11.9. The number of ether oxygens (including phenoxy) is 1. The fourth-order valence-corrected chi connectivity index (χ4v) is 8.23. The number of hydrogen-bond acceptors (Lipinski definition) is 6. The van der Waals surface area contributed by atoms with Gasteiger partial charge in [0, 0.05) is 30.1 Å². The molecule has 0 saturated carbocycles. The van der Waals surface area contributed by atoms with Gasteiger partial charge in [0.1, 0.15) is 11.8 Å². The lowest BCUT2D eigenvalue weighted by atomic mass is 9.78. The van der Waals surface area contributed by atoms with Gasteiger partial charge in [0.2, 0.25) is 17.7 Å². The lowest BCUT2D eigenvalue weighted by Gasteiger charge is -2.38. The number of carbonyl (C=O) groups excluding carboxylic acids is 3. The average Bonchev–Trinajstić information content (AvgIpc) is 3.20. The van der Waals surface area contributed by atoms with Crippen molar-refractivity contribution in [1.82, 2.24) is 9.80 Å². The third-order valence-electron chi connectivity index (χ3n) is 7.95. The van der Waals surface area contributed by atoms with Crippen LogP contribution < -0.4 is 9.64 Å². The Balaban J connectivity index is 1.57. The van der Waals surface area contributed by atoms with Gasteiger partial charge in [0.05, 0.1) is 35.8 Å². The Labute approximate surface area is 222 Å². The molecule has 4 aliphatic heterocycles. The van der Waals surface area contributed by atoms with Crippen molar-refractivity contribution in [3.8, 4) is 5.75 Å². The van der Waals surface area contributed by atoms with Crippen molar-refractivity contribution in [2.75, 3.05) is 31.2 Å². The van der Waals surface area contributed by atoms with E-state index in [1.807, 2.05) is 69.3 Å². The fourth-order valence-electron chi connectivity index (χ4n) is 6.24. The first-order valence-electron chi connectivity index (χ1n) is 13.0. The minimum absolute atomic E-state index is 0.0405. The summed E-state index contributed by atoms with van der Waals surface area (Å²) in [5, 5.41) is 9.81. The summed E-state index contributed by atoms with van der Waals surface area (Å²) in [6.07, 6.45) is 8.00. The predicted molar refractivity (Wildman–Crippen MR) is 143 cm³/mol. The van der Waals surface area contributed by atoms with E-state index >= 15 is 0 Å². The number of rotatable bonds is 6. The van der Waals surface area contributed by atoms with E-state index in [1.54, 1.807) is 33.4 Å². The highest BCUT2D eigenvalue weighted by Crippen LogP contribution is 2.61. The van der Waals surface area contributed by atoms with Gasteiger partial charge in [-0.1, -0.05) is 24.3 Å². The van der Waals surface area contributed by atoms with E-state index in [4.69, 9.17) is 4.74 Å². The Kier molecular flexibility index (Phi) is 6.87. The molecule has 0 bridgehead atoms. The Bertz CT molecular complexity index is 1140. The van der Waals surface area contributed by atoms with Gasteiger partial charge in [-0.3, -0.25) is 14.4 Å². The zero-order chi connectivity index (χ0) is 26.5. The first-order valence-corrected chi connectivity index (χ1v) is 13.9. The number of carbonyl (C=O) groups is 3. The minimum Gasteiger partial charge on any atom is -0.494 e. The molecule has 9 heteroatoms. The largest absolute Gasteiger partial charge is 0.494 e. The summed E-state index contributed by atoms with van der Waals surface area (Å²) in [4.78, 5) is 47.4. The quantitative estimate of drug-likeness (QED) is 0.574. The first-order chi connectivity index (χ1) is 17.7. The van der Waals surface area contributed by atoms with Gasteiger partial charge in [-0.25, -0.2) is 0 Å². The van der Waals surface area contributed by atoms with Crippen molar-refractivity contribution in [2.45, 2.75) is 55.8 Å². The van der Waals surface area contributed by atoms with Crippen molar-refractivity contribution in [1.29, 1.82) is 0 Å². The van der Waals surface area contributed by atoms with Crippen LogP contribution in [0.25, 0.3) is 0 Å². The van der Waals surface area contributed by atoms with Gasteiger partial charge in [-0.2, -0.15) is 0 Å². The average molecular weight is 526 g/mol. The number of aliphatic hydroxyl groups is 1. The van der Waals surface area contributed by atoms with Gasteiger partial charge in [0.15, 0.2) is 0 Å². The summed E-state index contributed by atoms with van der Waals surface area (Å²) >= 11 is 1.55. The van der Waals surface area contributed by atoms with Gasteiger partial charge < -0.3 is 24.5 Å². The lowest BCUT2D eigenvalue weighted by Crippen LogP contribution is -2.57. The molecule has 0 aromatic heterocycles. The summed E-state index contributed by atoms with van der Waals surface area (Å²) in [6, 6.07) is 6.07. The minimum atomic E-state index is -0.877. The second kappa shape index (κ2) is 9.83. The standard InChI is InChI=1S/C28H35N3O5S/c1-5-36-20-11-9-19(10-12-20)30-14-6-8-21-22(25(30)33)23-26(34)31(18(4)16-32)24-27(35)29(17(2)3)15-7-13-28(23,24)37-21/h6-13,17-18,21-24,32H,5,14-16H2,1-4H3/t18-,21+,22-,23+,24?,28+/m1/s1. The van der Waals surface area contributed by atoms with Gasteiger partial charge in [-0.05, 0) is 52.0 Å². The van der Waals surface area contributed by atoms with Crippen LogP contribution in [0.2, 0.25) is 0 Å². The molecule has 1 N–H and O–H groups in total. The monoisotopic (exact) mass is 525 g/mol. The summed E-state index contributed by atoms with van der Waals surface area (Å²) in [6.45, 7) is 8.77. The summed E-state index contributed by atoms with van der Waals surface area (Å²) in [7, 11) is 0. The van der Waals surface area contributed by atoms with Crippen LogP contribution in [0.1, 0.15) is 27.7 Å². The van der Waals surface area contributed by atoms with E-state index < -0.39 is 28.7 Å². The van der Waals surface area contributed by atoms with Crippen molar-refractivity contribution in [3.63, 3.8) is 0 Å². The van der Waals surface area contributed by atoms with E-state index in [0.29, 0.717) is 19.7 Å². The third kappa shape index (κ3) is 3.98. The molecule has 1 spiro atoms. The maximum atomic E-state index is 14.2. The SMILES string of the molecule is CCOc1ccc(N2CC=C[C@@H]3S[C@]45C=CCN(C(C)C)C(=O)C4N([C@H](C)CO)C(=O)[C@@H]5[C@@H]3C2=O)cc1. The molecular formula is C28H35N3O5S. The number of hydrogen-bond donors (Lipinski definition) is 1. The Morgan fingerprint density at radius 1 is 1.05 bits per heavy atom. The molecule has 198 valence electrons. The molecule has 1 aromatic rings. The van der Waals surface area contributed by atoms with Gasteiger partial charge in [-0.15, -0.1) is 11.8 Å². The van der Waals surface area contributed by atoms with Gasteiger partial charge in [0.25, 0.3) is 0 Å². The van der Waals surface area contributed by atoms with Crippen LogP contribution >= 0.6 is 11.8 Å². The van der Waals surface area contributed by atoms with Crippen LogP contribution in [0, 0.1) is 11.8 Å². The summed E-state index contributed by atoms with van der Waals surface area (Å²) in [5.41, 5.74) is 0.741. The van der Waals surface area contributed by atoms with Crippen LogP contribution in [-0.4, -0.2) is 87.1 Å². The van der Waals surface area contributed by atoms with Crippen molar-refractivity contribution >= 4 is 35.2 Å². The molecular weight excluding hydrogens is 490 g/mol. The van der Waals surface area contributed by atoms with E-state index in [1.165, 1.54) is 0 Å². The summed E-state index contributed by atoms with van der Waals surface area (Å²) in [5.74, 6) is -1.06. The smallest absolute Gasteiger partial charge is 0.247 e. The number of anilines is 1. The summed E-state index contributed by atoms with van der Waals surface area (Å²) < 4.78 is 4.68. The van der Waals surface area contributed by atoms with Crippen molar-refractivity contribution in [3.05, 3.63) is 48.6 Å². The van der Waals surface area contributed by atoms with Crippen LogP contribution in [-0.2, 0) is 14.4 Å². The second-order valence-electron chi connectivity index (χ2n) is 10.4. The predicted octanol–water partition coefficient (Wildman–Crippen LogP) is 2.47. The first kappa shape index (κ1) is 25.9. The normalized spacial score (nSPS) is 31.8. The van der Waals surface area contributed by atoms with Crippen LogP contribution in [0.3, 0.4) is 0 Å². The molecule has 4 heterocycles. The highest BCUT2D eigenvalue weighted by atomic mass is 32.2. The Morgan fingerprint density at radius 3 is 2.43 bits per heavy atom. The topological polar surface area (TPSA) is 90.4 Å². The molecule has 0 radical (unpaired) electrons. The number of benzene rings is 1. The van der Waals surface area contributed by atoms with E-state index in [2.05, 4.69) is 0 Å². The van der Waals surface area contributed by atoms with Crippen LogP contribution in [0.15, 0.2) is 48.6 Å².